The van der Waals surface area contributed by atoms with E-state index in [1.807, 2.05) is 11.3 Å². The van der Waals surface area contributed by atoms with Crippen LogP contribution in [-0.4, -0.2) is 18.2 Å². The number of hydrogen-bond acceptors (Lipinski definition) is 3. The summed E-state index contributed by atoms with van der Waals surface area (Å²) in [7, 11) is 0. The minimum absolute atomic E-state index is 0.386. The molecule has 1 saturated heterocycles. The van der Waals surface area contributed by atoms with E-state index in [0.717, 1.165) is 12.8 Å². The van der Waals surface area contributed by atoms with Crippen LogP contribution in [0.5, 0.6) is 0 Å². The van der Waals surface area contributed by atoms with E-state index in [4.69, 9.17) is 4.74 Å². The second kappa shape index (κ2) is 5.30. The molecule has 2 unspecified atom stereocenters. The van der Waals surface area contributed by atoms with Crippen molar-refractivity contribution in [3.05, 3.63) is 22.4 Å². The standard InChI is InChI=1S/C13H21NOS/c1-9-7-12(8-10(2)15-9)14-11(3)13-5-4-6-16-13/h4-6,9-12,14H,7-8H2,1-3H3/t9?,10?,11-,12?/m1/s1. The molecular weight excluding hydrogens is 218 g/mol. The summed E-state index contributed by atoms with van der Waals surface area (Å²) in [5, 5.41) is 5.85. The predicted octanol–water partition coefficient (Wildman–Crippen LogP) is 3.35. The molecule has 1 fully saturated rings. The third kappa shape index (κ3) is 3.06. The molecular formula is C13H21NOS. The highest BCUT2D eigenvalue weighted by Gasteiger charge is 2.25. The molecule has 0 aliphatic carbocycles. The van der Waals surface area contributed by atoms with Gasteiger partial charge in [0.05, 0.1) is 12.2 Å². The van der Waals surface area contributed by atoms with Gasteiger partial charge in [-0.1, -0.05) is 6.07 Å². The summed E-state index contributed by atoms with van der Waals surface area (Å²) in [6, 6.07) is 5.38. The van der Waals surface area contributed by atoms with Crippen molar-refractivity contribution in [1.82, 2.24) is 5.32 Å². The van der Waals surface area contributed by atoms with E-state index in [0.29, 0.717) is 24.3 Å². The lowest BCUT2D eigenvalue weighted by Crippen LogP contribution is -2.42. The molecule has 0 amide bonds. The molecule has 2 nitrogen and oxygen atoms in total. The molecule has 0 saturated carbocycles. The minimum Gasteiger partial charge on any atom is -0.375 e. The zero-order valence-electron chi connectivity index (χ0n) is 10.3. The molecule has 2 rings (SSSR count). The fraction of sp³-hybridized carbons (Fsp3) is 0.692. The van der Waals surface area contributed by atoms with Gasteiger partial charge in [-0.2, -0.15) is 0 Å². The number of rotatable bonds is 3. The zero-order valence-corrected chi connectivity index (χ0v) is 11.1. The highest BCUT2D eigenvalue weighted by molar-refractivity contribution is 7.10. The van der Waals surface area contributed by atoms with Gasteiger partial charge in [0.25, 0.3) is 0 Å². The number of hydrogen-bond donors (Lipinski definition) is 1. The number of thiophene rings is 1. The maximum atomic E-state index is 5.75. The Balaban J connectivity index is 1.89. The topological polar surface area (TPSA) is 21.3 Å². The quantitative estimate of drug-likeness (QED) is 0.873. The average Bonchev–Trinajstić information content (AvgIpc) is 2.68. The number of ether oxygens (including phenoxy) is 1. The Kier molecular flexibility index (Phi) is 4.00. The molecule has 16 heavy (non-hydrogen) atoms. The fourth-order valence-corrected chi connectivity index (χ4v) is 3.26. The van der Waals surface area contributed by atoms with Gasteiger partial charge in [0.1, 0.15) is 0 Å². The smallest absolute Gasteiger partial charge is 0.0565 e. The first-order valence-electron chi connectivity index (χ1n) is 6.10. The molecule has 1 N–H and O–H groups in total. The third-order valence-corrected chi connectivity index (χ3v) is 4.21. The average molecular weight is 239 g/mol. The van der Waals surface area contributed by atoms with Gasteiger partial charge in [0.2, 0.25) is 0 Å². The molecule has 1 aliphatic rings. The first-order valence-corrected chi connectivity index (χ1v) is 6.98. The lowest BCUT2D eigenvalue weighted by molar-refractivity contribution is -0.0433. The second-order valence-corrected chi connectivity index (χ2v) is 5.81. The highest BCUT2D eigenvalue weighted by atomic mass is 32.1. The molecule has 0 spiro atoms. The van der Waals surface area contributed by atoms with Gasteiger partial charge in [0, 0.05) is 17.0 Å². The molecule has 1 aliphatic heterocycles. The molecule has 3 atom stereocenters. The van der Waals surface area contributed by atoms with Crippen molar-refractivity contribution in [2.75, 3.05) is 0 Å². The molecule has 2 heterocycles. The van der Waals surface area contributed by atoms with Crippen LogP contribution < -0.4 is 5.32 Å². The SMILES string of the molecule is CC1CC(N[C@H](C)c2cccs2)CC(C)O1. The van der Waals surface area contributed by atoms with Crippen LogP contribution in [0.1, 0.15) is 44.5 Å². The van der Waals surface area contributed by atoms with Gasteiger partial charge in [-0.3, -0.25) is 0 Å². The minimum atomic E-state index is 0.386. The molecule has 3 heteroatoms. The van der Waals surface area contributed by atoms with E-state index in [-0.39, 0.29) is 0 Å². The van der Waals surface area contributed by atoms with E-state index < -0.39 is 0 Å². The summed E-state index contributed by atoms with van der Waals surface area (Å²) in [5.74, 6) is 0. The van der Waals surface area contributed by atoms with Crippen molar-refractivity contribution >= 4 is 11.3 Å². The van der Waals surface area contributed by atoms with Crippen LogP contribution in [0, 0.1) is 0 Å². The van der Waals surface area contributed by atoms with E-state index in [1.54, 1.807) is 0 Å². The van der Waals surface area contributed by atoms with E-state index in [2.05, 4.69) is 43.6 Å². The molecule has 1 aromatic rings. The summed E-state index contributed by atoms with van der Waals surface area (Å²) in [5.41, 5.74) is 0. The third-order valence-electron chi connectivity index (χ3n) is 3.15. The normalized spacial score (nSPS) is 32.6. The van der Waals surface area contributed by atoms with Crippen LogP contribution in [0.25, 0.3) is 0 Å². The van der Waals surface area contributed by atoms with Crippen molar-refractivity contribution in [2.24, 2.45) is 0 Å². The van der Waals surface area contributed by atoms with Gasteiger partial charge in [-0.05, 0) is 45.1 Å². The predicted molar refractivity (Wildman–Crippen MR) is 68.9 cm³/mol. The zero-order chi connectivity index (χ0) is 11.5. The van der Waals surface area contributed by atoms with Gasteiger partial charge in [-0.25, -0.2) is 0 Å². The van der Waals surface area contributed by atoms with Gasteiger partial charge >= 0.3 is 0 Å². The van der Waals surface area contributed by atoms with Crippen molar-refractivity contribution in [1.29, 1.82) is 0 Å². The summed E-state index contributed by atoms with van der Waals surface area (Å²) in [4.78, 5) is 1.42. The van der Waals surface area contributed by atoms with Crippen molar-refractivity contribution in [3.8, 4) is 0 Å². The number of nitrogens with one attached hydrogen (secondary N) is 1. The van der Waals surface area contributed by atoms with E-state index >= 15 is 0 Å². The van der Waals surface area contributed by atoms with Crippen LogP contribution in [0.2, 0.25) is 0 Å². The van der Waals surface area contributed by atoms with Crippen LogP contribution in [0.3, 0.4) is 0 Å². The van der Waals surface area contributed by atoms with Crippen LogP contribution in [0.4, 0.5) is 0 Å². The fourth-order valence-electron chi connectivity index (χ4n) is 2.51. The molecule has 0 aromatic carbocycles. The monoisotopic (exact) mass is 239 g/mol. The summed E-state index contributed by atoms with van der Waals surface area (Å²) in [6.07, 6.45) is 3.02. The van der Waals surface area contributed by atoms with Crippen molar-refractivity contribution in [2.45, 2.75) is 57.9 Å². The highest BCUT2D eigenvalue weighted by Crippen LogP contribution is 2.24. The Labute approximate surface area is 102 Å². The van der Waals surface area contributed by atoms with E-state index in [9.17, 15) is 0 Å². The lowest BCUT2D eigenvalue weighted by Gasteiger charge is -2.34. The molecule has 0 radical (unpaired) electrons. The summed E-state index contributed by atoms with van der Waals surface area (Å²) in [6.45, 7) is 6.58. The Bertz CT molecular complexity index is 302. The van der Waals surface area contributed by atoms with Crippen LogP contribution in [-0.2, 0) is 4.74 Å². The maximum absolute atomic E-state index is 5.75. The van der Waals surface area contributed by atoms with Crippen molar-refractivity contribution in [3.63, 3.8) is 0 Å². The summed E-state index contributed by atoms with van der Waals surface area (Å²) < 4.78 is 5.75. The van der Waals surface area contributed by atoms with Crippen LogP contribution >= 0.6 is 11.3 Å². The first-order chi connectivity index (χ1) is 7.65. The van der Waals surface area contributed by atoms with Gasteiger partial charge in [0.15, 0.2) is 0 Å². The largest absolute Gasteiger partial charge is 0.375 e. The van der Waals surface area contributed by atoms with E-state index in [1.165, 1.54) is 4.88 Å². The Morgan fingerprint density at radius 2 is 2.06 bits per heavy atom. The molecule has 1 aromatic heterocycles. The van der Waals surface area contributed by atoms with Crippen molar-refractivity contribution < 1.29 is 4.74 Å². The van der Waals surface area contributed by atoms with Gasteiger partial charge < -0.3 is 10.1 Å². The second-order valence-electron chi connectivity index (χ2n) is 4.83. The molecule has 0 bridgehead atoms. The Hall–Kier alpha value is -0.380. The van der Waals surface area contributed by atoms with Crippen LogP contribution in [0.15, 0.2) is 17.5 Å². The summed E-state index contributed by atoms with van der Waals surface area (Å²) >= 11 is 1.83. The Morgan fingerprint density at radius 1 is 1.38 bits per heavy atom. The lowest BCUT2D eigenvalue weighted by atomic mass is 9.99. The maximum Gasteiger partial charge on any atom is 0.0565 e. The molecule has 90 valence electrons. The first kappa shape index (κ1) is 12.1. The van der Waals surface area contributed by atoms with Gasteiger partial charge in [-0.15, -0.1) is 11.3 Å². The Morgan fingerprint density at radius 3 is 2.62 bits per heavy atom.